The van der Waals surface area contributed by atoms with Crippen LogP contribution >= 0.6 is 22.7 Å². The molecule has 0 saturated carbocycles. The molecule has 4 rings (SSSR count). The van der Waals surface area contributed by atoms with Crippen molar-refractivity contribution in [2.24, 2.45) is 0 Å². The molecule has 27 heavy (non-hydrogen) atoms. The van der Waals surface area contributed by atoms with Crippen molar-refractivity contribution in [1.29, 1.82) is 0 Å². The molecule has 0 saturated heterocycles. The summed E-state index contributed by atoms with van der Waals surface area (Å²) in [5.74, 6) is -0.125. The number of thiazole rings is 2. The third-order valence-electron chi connectivity index (χ3n) is 4.76. The zero-order valence-corrected chi connectivity index (χ0v) is 17.6. The predicted octanol–water partition coefficient (Wildman–Crippen LogP) is 4.43. The first-order chi connectivity index (χ1) is 12.9. The summed E-state index contributed by atoms with van der Waals surface area (Å²) >= 11 is 3.02. The van der Waals surface area contributed by atoms with Gasteiger partial charge in [0.2, 0.25) is 0 Å². The fourth-order valence-corrected chi connectivity index (χ4v) is 5.44. The smallest absolute Gasteiger partial charge is 0.269 e. The summed E-state index contributed by atoms with van der Waals surface area (Å²) in [6, 6.07) is 6.30. The first-order valence-electron chi connectivity index (χ1n) is 8.94. The number of aromatic nitrogens is 2. The van der Waals surface area contributed by atoms with Crippen molar-refractivity contribution in [1.82, 2.24) is 14.9 Å². The number of aryl methyl sites for hydroxylation is 3. The van der Waals surface area contributed by atoms with Crippen LogP contribution in [0.25, 0.3) is 10.6 Å². The molecule has 1 aliphatic rings. The van der Waals surface area contributed by atoms with Crippen LogP contribution in [0.4, 0.5) is 5.13 Å². The largest absolute Gasteiger partial charge is 0.301 e. The molecule has 1 aliphatic heterocycles. The summed E-state index contributed by atoms with van der Waals surface area (Å²) in [6.45, 7) is 7.96. The van der Waals surface area contributed by atoms with Gasteiger partial charge in [0.05, 0.1) is 11.4 Å². The van der Waals surface area contributed by atoms with Gasteiger partial charge in [-0.3, -0.25) is 10.1 Å². The topological polar surface area (TPSA) is 58.1 Å². The molecule has 2 aromatic heterocycles. The van der Waals surface area contributed by atoms with Crippen molar-refractivity contribution < 1.29 is 4.79 Å². The summed E-state index contributed by atoms with van der Waals surface area (Å²) in [7, 11) is 2.11. The van der Waals surface area contributed by atoms with Gasteiger partial charge in [-0.1, -0.05) is 23.8 Å². The molecule has 0 fully saturated rings. The monoisotopic (exact) mass is 398 g/mol. The molecule has 1 N–H and O–H groups in total. The van der Waals surface area contributed by atoms with Gasteiger partial charge in [-0.2, -0.15) is 0 Å². The predicted molar refractivity (Wildman–Crippen MR) is 112 cm³/mol. The van der Waals surface area contributed by atoms with Gasteiger partial charge < -0.3 is 4.90 Å². The lowest BCUT2D eigenvalue weighted by molar-refractivity contribution is 0.103. The Morgan fingerprint density at radius 1 is 1.19 bits per heavy atom. The number of rotatable bonds is 3. The number of fused-ring (bicyclic) bond motifs is 1. The van der Waals surface area contributed by atoms with E-state index in [0.29, 0.717) is 10.0 Å². The van der Waals surface area contributed by atoms with Gasteiger partial charge in [-0.05, 0) is 33.4 Å². The summed E-state index contributed by atoms with van der Waals surface area (Å²) in [5, 5.41) is 4.55. The molecule has 3 heterocycles. The van der Waals surface area contributed by atoms with Crippen molar-refractivity contribution in [3.05, 3.63) is 50.5 Å². The Morgan fingerprint density at radius 3 is 2.78 bits per heavy atom. The third kappa shape index (κ3) is 3.67. The maximum Gasteiger partial charge on any atom is 0.269 e. The molecule has 7 heteroatoms. The van der Waals surface area contributed by atoms with Gasteiger partial charge in [0, 0.05) is 30.0 Å². The van der Waals surface area contributed by atoms with Crippen LogP contribution < -0.4 is 5.32 Å². The molecule has 3 aromatic rings. The lowest BCUT2D eigenvalue weighted by Crippen LogP contribution is -2.25. The number of benzene rings is 1. The van der Waals surface area contributed by atoms with Gasteiger partial charge in [-0.25, -0.2) is 9.97 Å². The van der Waals surface area contributed by atoms with Crippen molar-refractivity contribution in [3.8, 4) is 10.6 Å². The lowest BCUT2D eigenvalue weighted by Gasteiger charge is -2.20. The lowest BCUT2D eigenvalue weighted by atomic mass is 10.1. The summed E-state index contributed by atoms with van der Waals surface area (Å²) in [5.41, 5.74) is 5.35. The normalized spacial score (nSPS) is 14.2. The second kappa shape index (κ2) is 7.14. The van der Waals surface area contributed by atoms with E-state index in [-0.39, 0.29) is 5.91 Å². The molecule has 0 spiro atoms. The minimum atomic E-state index is -0.125. The molecule has 5 nitrogen and oxygen atoms in total. The second-order valence-electron chi connectivity index (χ2n) is 7.08. The van der Waals surface area contributed by atoms with E-state index in [1.807, 2.05) is 6.92 Å². The van der Waals surface area contributed by atoms with Gasteiger partial charge in [0.25, 0.3) is 5.91 Å². The van der Waals surface area contributed by atoms with Crippen LogP contribution in [0.15, 0.2) is 18.2 Å². The Morgan fingerprint density at radius 2 is 2.00 bits per heavy atom. The van der Waals surface area contributed by atoms with E-state index in [9.17, 15) is 4.79 Å². The van der Waals surface area contributed by atoms with Crippen LogP contribution in [-0.4, -0.2) is 34.4 Å². The average Bonchev–Trinajstić information content (AvgIpc) is 3.17. The fourth-order valence-electron chi connectivity index (χ4n) is 3.31. The minimum Gasteiger partial charge on any atom is -0.301 e. The Balaban J connectivity index is 1.57. The maximum absolute atomic E-state index is 12.8. The van der Waals surface area contributed by atoms with Crippen LogP contribution in [0.2, 0.25) is 0 Å². The van der Waals surface area contributed by atoms with Gasteiger partial charge >= 0.3 is 0 Å². The Hall–Kier alpha value is -2.09. The van der Waals surface area contributed by atoms with E-state index < -0.39 is 0 Å². The van der Waals surface area contributed by atoms with E-state index in [0.717, 1.165) is 41.5 Å². The Labute approximate surface area is 167 Å². The first kappa shape index (κ1) is 18.3. The van der Waals surface area contributed by atoms with E-state index in [1.165, 1.54) is 27.3 Å². The summed E-state index contributed by atoms with van der Waals surface area (Å²) in [6.07, 6.45) is 0.939. The quantitative estimate of drug-likeness (QED) is 0.709. The molecule has 0 bridgehead atoms. The number of likely N-dealkylation sites (N-methyl/N-ethyl adjacent to an activating group) is 1. The zero-order valence-electron chi connectivity index (χ0n) is 15.9. The molecule has 1 aromatic carbocycles. The Kier molecular flexibility index (Phi) is 4.84. The highest BCUT2D eigenvalue weighted by molar-refractivity contribution is 7.18. The van der Waals surface area contributed by atoms with Crippen LogP contribution in [0.5, 0.6) is 0 Å². The fraction of sp³-hybridized carbons (Fsp3) is 0.350. The number of carbonyl (C=O) groups excluding carboxylic acids is 1. The van der Waals surface area contributed by atoms with Gasteiger partial charge in [-0.15, -0.1) is 22.7 Å². The van der Waals surface area contributed by atoms with Gasteiger partial charge in [0.1, 0.15) is 9.88 Å². The number of amides is 1. The van der Waals surface area contributed by atoms with Crippen molar-refractivity contribution >= 4 is 33.7 Å². The van der Waals surface area contributed by atoms with Crippen LogP contribution in [0, 0.1) is 20.8 Å². The molecule has 0 atom stereocenters. The number of hydrogen-bond acceptors (Lipinski definition) is 6. The van der Waals surface area contributed by atoms with E-state index >= 15 is 0 Å². The Bertz CT molecular complexity index is 1020. The molecule has 0 unspecified atom stereocenters. The molecular weight excluding hydrogens is 376 g/mol. The highest BCUT2D eigenvalue weighted by Crippen LogP contribution is 2.32. The van der Waals surface area contributed by atoms with E-state index in [4.69, 9.17) is 0 Å². The second-order valence-corrected chi connectivity index (χ2v) is 9.17. The van der Waals surface area contributed by atoms with Gasteiger partial charge in [0.15, 0.2) is 5.13 Å². The number of nitrogens with zero attached hydrogens (tertiary/aromatic N) is 3. The van der Waals surface area contributed by atoms with Crippen LogP contribution in [-0.2, 0) is 13.0 Å². The molecule has 0 radical (unpaired) electrons. The van der Waals surface area contributed by atoms with E-state index in [2.05, 4.69) is 59.3 Å². The third-order valence-corrected chi connectivity index (χ3v) is 6.95. The highest BCUT2D eigenvalue weighted by Gasteiger charge is 2.22. The molecule has 140 valence electrons. The highest BCUT2D eigenvalue weighted by atomic mass is 32.1. The summed E-state index contributed by atoms with van der Waals surface area (Å²) < 4.78 is 0. The SMILES string of the molecule is Cc1ccc(-c2nc(C)c(C(=O)Nc3nc4c(s3)CN(C)CC4)s2)c(C)c1. The zero-order chi connectivity index (χ0) is 19.1. The van der Waals surface area contributed by atoms with Crippen molar-refractivity contribution in [2.45, 2.75) is 33.7 Å². The van der Waals surface area contributed by atoms with Crippen LogP contribution in [0.3, 0.4) is 0 Å². The number of hydrogen-bond donors (Lipinski definition) is 1. The van der Waals surface area contributed by atoms with Crippen molar-refractivity contribution in [3.63, 3.8) is 0 Å². The molecular formula is C20H22N4OS2. The molecule has 0 aliphatic carbocycles. The van der Waals surface area contributed by atoms with Crippen molar-refractivity contribution in [2.75, 3.05) is 18.9 Å². The maximum atomic E-state index is 12.8. The summed E-state index contributed by atoms with van der Waals surface area (Å²) in [4.78, 5) is 26.2. The molecule has 1 amide bonds. The first-order valence-corrected chi connectivity index (χ1v) is 10.6. The van der Waals surface area contributed by atoms with Crippen LogP contribution in [0.1, 0.15) is 37.1 Å². The number of anilines is 1. The number of nitrogens with one attached hydrogen (secondary N) is 1. The minimum absolute atomic E-state index is 0.125. The standard InChI is InChI=1S/C20H22N4OS2/c1-11-5-6-14(12(2)9-11)19-21-13(3)17(27-19)18(25)23-20-22-15-7-8-24(4)10-16(15)26-20/h5-6,9H,7-8,10H2,1-4H3,(H,22,23,25). The average molecular weight is 399 g/mol. The number of carbonyl (C=O) groups is 1. The van der Waals surface area contributed by atoms with E-state index in [1.54, 1.807) is 11.3 Å².